The summed E-state index contributed by atoms with van der Waals surface area (Å²) in [5.74, 6) is 0.530. The van der Waals surface area contributed by atoms with E-state index in [-0.39, 0.29) is 5.41 Å². The maximum Gasteiger partial charge on any atom is 0.135 e. The average Bonchev–Trinajstić information content (AvgIpc) is 3.25. The minimum Gasteiger partial charge on any atom is -0.456 e. The first-order chi connectivity index (χ1) is 14.9. The van der Waals surface area contributed by atoms with Crippen molar-refractivity contribution < 1.29 is 4.42 Å². The lowest BCUT2D eigenvalue weighted by Gasteiger charge is -2.21. The number of nitrogens with zero attached hydrogens (tertiary/aromatic N) is 1. The fourth-order valence-electron chi connectivity index (χ4n) is 5.03. The van der Waals surface area contributed by atoms with Gasteiger partial charge in [-0.3, -0.25) is 4.98 Å². The van der Waals surface area contributed by atoms with Crippen LogP contribution in [0.5, 0.6) is 0 Å². The lowest BCUT2D eigenvalue weighted by atomic mass is 9.83. The molecule has 5 aromatic rings. The van der Waals surface area contributed by atoms with Crippen molar-refractivity contribution in [3.63, 3.8) is 0 Å². The van der Waals surface area contributed by atoms with Crippen molar-refractivity contribution in [1.82, 2.24) is 4.98 Å². The summed E-state index contributed by atoms with van der Waals surface area (Å²) < 4.78 is 6.18. The molecule has 31 heavy (non-hydrogen) atoms. The summed E-state index contributed by atoms with van der Waals surface area (Å²) in [6, 6.07) is 23.9. The molecule has 0 fully saturated rings. The number of rotatable bonds is 2. The summed E-state index contributed by atoms with van der Waals surface area (Å²) in [6.45, 7) is 9.01. The molecule has 152 valence electrons. The van der Waals surface area contributed by atoms with E-state index in [1.54, 1.807) is 0 Å². The first-order valence-corrected chi connectivity index (χ1v) is 11.0. The number of hydrogen-bond donors (Lipinski definition) is 0. The van der Waals surface area contributed by atoms with Gasteiger partial charge in [-0.05, 0) is 58.0 Å². The normalized spacial score (nSPS) is 14.4. The van der Waals surface area contributed by atoms with Crippen molar-refractivity contribution in [2.45, 2.75) is 39.0 Å². The van der Waals surface area contributed by atoms with Crippen LogP contribution in [-0.4, -0.2) is 4.98 Å². The summed E-state index contributed by atoms with van der Waals surface area (Å²) in [7, 11) is 0. The number of benzene rings is 3. The van der Waals surface area contributed by atoms with Gasteiger partial charge in [0.05, 0.1) is 5.69 Å². The third kappa shape index (κ3) is 2.61. The first kappa shape index (κ1) is 18.4. The van der Waals surface area contributed by atoms with Crippen LogP contribution < -0.4 is 0 Å². The van der Waals surface area contributed by atoms with Gasteiger partial charge >= 0.3 is 0 Å². The molecule has 1 aliphatic rings. The Bertz CT molecular complexity index is 1470. The number of aromatic nitrogens is 1. The summed E-state index contributed by atoms with van der Waals surface area (Å²) in [6.07, 6.45) is 2.07. The van der Waals surface area contributed by atoms with Gasteiger partial charge in [-0.2, -0.15) is 0 Å². The highest BCUT2D eigenvalue weighted by atomic mass is 16.3. The smallest absolute Gasteiger partial charge is 0.135 e. The van der Waals surface area contributed by atoms with Gasteiger partial charge in [-0.25, -0.2) is 0 Å². The van der Waals surface area contributed by atoms with Crippen molar-refractivity contribution in [2.75, 3.05) is 0 Å². The number of fused-ring (bicyclic) bond motifs is 6. The minimum absolute atomic E-state index is 0.106. The number of hydrogen-bond acceptors (Lipinski definition) is 2. The number of pyridine rings is 1. The predicted octanol–water partition coefficient (Wildman–Crippen LogP) is 8.08. The van der Waals surface area contributed by atoms with Crippen LogP contribution in [0.2, 0.25) is 0 Å². The zero-order chi connectivity index (χ0) is 21.3. The Labute approximate surface area is 182 Å². The van der Waals surface area contributed by atoms with Gasteiger partial charge in [0.2, 0.25) is 0 Å². The molecule has 0 amide bonds. The molecular weight excluding hydrogens is 378 g/mol. The third-order valence-electron chi connectivity index (χ3n) is 6.93. The quantitative estimate of drug-likeness (QED) is 0.298. The molecule has 3 aromatic carbocycles. The van der Waals surface area contributed by atoms with Gasteiger partial charge in [0.25, 0.3) is 0 Å². The highest BCUT2D eigenvalue weighted by molar-refractivity contribution is 6.07. The molecule has 0 saturated carbocycles. The fourth-order valence-corrected chi connectivity index (χ4v) is 5.03. The Kier molecular flexibility index (Phi) is 3.74. The van der Waals surface area contributed by atoms with Gasteiger partial charge < -0.3 is 4.42 Å². The second-order valence-corrected chi connectivity index (χ2v) is 9.51. The number of furan rings is 1. The van der Waals surface area contributed by atoms with Crippen LogP contribution >= 0.6 is 0 Å². The molecule has 6 rings (SSSR count). The summed E-state index contributed by atoms with van der Waals surface area (Å²) in [5, 5.41) is 2.35. The Morgan fingerprint density at radius 3 is 2.29 bits per heavy atom. The van der Waals surface area contributed by atoms with Crippen LogP contribution in [-0.2, 0) is 5.41 Å². The van der Waals surface area contributed by atoms with Gasteiger partial charge in [0, 0.05) is 27.9 Å². The molecule has 0 aliphatic heterocycles. The Morgan fingerprint density at radius 1 is 0.774 bits per heavy atom. The van der Waals surface area contributed by atoms with E-state index < -0.39 is 0 Å². The third-order valence-corrected chi connectivity index (χ3v) is 6.93. The molecule has 2 nitrogen and oxygen atoms in total. The molecule has 0 unspecified atom stereocenters. The van der Waals surface area contributed by atoms with E-state index in [1.165, 1.54) is 38.6 Å². The van der Waals surface area contributed by atoms with E-state index in [9.17, 15) is 0 Å². The van der Waals surface area contributed by atoms with E-state index in [2.05, 4.69) is 88.5 Å². The number of para-hydroxylation sites is 1. The van der Waals surface area contributed by atoms with Crippen molar-refractivity contribution in [2.24, 2.45) is 0 Å². The van der Waals surface area contributed by atoms with Gasteiger partial charge in [0.15, 0.2) is 0 Å². The minimum atomic E-state index is -0.106. The van der Waals surface area contributed by atoms with Crippen molar-refractivity contribution >= 4 is 21.9 Å². The van der Waals surface area contributed by atoms with Gasteiger partial charge in [0.1, 0.15) is 11.2 Å². The van der Waals surface area contributed by atoms with Crippen molar-refractivity contribution in [1.29, 1.82) is 0 Å². The zero-order valence-corrected chi connectivity index (χ0v) is 18.4. The van der Waals surface area contributed by atoms with E-state index >= 15 is 0 Å². The molecule has 0 bridgehead atoms. The van der Waals surface area contributed by atoms with Crippen LogP contribution in [0, 0.1) is 0 Å². The largest absolute Gasteiger partial charge is 0.456 e. The van der Waals surface area contributed by atoms with E-state index in [0.717, 1.165) is 22.4 Å². The topological polar surface area (TPSA) is 26.0 Å². The van der Waals surface area contributed by atoms with Crippen LogP contribution in [0.15, 0.2) is 77.3 Å². The fraction of sp³-hybridized carbons (Fsp3) is 0.207. The van der Waals surface area contributed by atoms with E-state index in [0.29, 0.717) is 5.92 Å². The maximum atomic E-state index is 6.18. The second-order valence-electron chi connectivity index (χ2n) is 9.51. The van der Waals surface area contributed by atoms with Gasteiger partial charge in [-0.1, -0.05) is 70.2 Å². The van der Waals surface area contributed by atoms with Crippen LogP contribution in [0.3, 0.4) is 0 Å². The van der Waals surface area contributed by atoms with Crippen molar-refractivity contribution in [3.05, 3.63) is 89.6 Å². The average molecular weight is 404 g/mol. The molecule has 2 heterocycles. The second kappa shape index (κ2) is 6.31. The highest BCUT2D eigenvalue weighted by Crippen LogP contribution is 2.51. The zero-order valence-electron chi connectivity index (χ0n) is 18.4. The molecule has 0 saturated heterocycles. The molecule has 1 aliphatic carbocycles. The molecule has 2 aromatic heterocycles. The summed E-state index contributed by atoms with van der Waals surface area (Å²) >= 11 is 0. The monoisotopic (exact) mass is 403 g/mol. The maximum absolute atomic E-state index is 6.18. The Morgan fingerprint density at radius 2 is 1.52 bits per heavy atom. The van der Waals surface area contributed by atoms with E-state index in [1.807, 2.05) is 12.1 Å². The van der Waals surface area contributed by atoms with Gasteiger partial charge in [-0.15, -0.1) is 0 Å². The Balaban J connectivity index is 1.56. The lowest BCUT2D eigenvalue weighted by Crippen LogP contribution is -2.15. The SMILES string of the molecule is CC(C)c1ccc(-c2cc3c(cn2)C(C)(C)c2cc4oc5ccccc5c4cc2-3)cc1. The van der Waals surface area contributed by atoms with Crippen LogP contribution in [0.25, 0.3) is 44.3 Å². The molecular formula is C29H25NO. The lowest BCUT2D eigenvalue weighted by molar-refractivity contribution is 0.645. The molecule has 0 atom stereocenters. The summed E-state index contributed by atoms with van der Waals surface area (Å²) in [5.41, 5.74) is 10.5. The standard InChI is InChI=1S/C29H25NO/c1-17(2)18-9-11-19(12-10-18)26-14-22-21-13-23-20-7-5-6-8-27(20)31-28(23)15-24(21)29(3,4)25(22)16-30-26/h5-17H,1-4H3. The van der Waals surface area contributed by atoms with E-state index in [4.69, 9.17) is 9.40 Å². The molecule has 0 radical (unpaired) electrons. The molecule has 2 heteroatoms. The van der Waals surface area contributed by atoms with Crippen LogP contribution in [0.4, 0.5) is 0 Å². The Hall–Kier alpha value is -3.39. The van der Waals surface area contributed by atoms with Crippen LogP contribution in [0.1, 0.15) is 50.3 Å². The highest BCUT2D eigenvalue weighted by Gasteiger charge is 2.37. The predicted molar refractivity (Wildman–Crippen MR) is 129 cm³/mol. The molecule has 0 N–H and O–H groups in total. The van der Waals surface area contributed by atoms with Crippen molar-refractivity contribution in [3.8, 4) is 22.4 Å². The first-order valence-electron chi connectivity index (χ1n) is 11.0. The summed E-state index contributed by atoms with van der Waals surface area (Å²) in [4.78, 5) is 4.86. The molecule has 0 spiro atoms.